The highest BCUT2D eigenvalue weighted by Gasteiger charge is 2.60. The maximum Gasteiger partial charge on any atom is 0.185 e. The van der Waals surface area contributed by atoms with Crippen LogP contribution in [0, 0.1) is 34.5 Å². The SMILES string of the molecule is CC(=O)SCC[C@]12C=CC(=O)CC1CC[C@@H]1[C@H]2CC[C@]2(C)C(=O)CC[C@@H]12. The fourth-order valence-corrected chi connectivity index (χ4v) is 7.79. The molecule has 142 valence electrons. The van der Waals surface area contributed by atoms with Gasteiger partial charge in [0, 0.05) is 30.9 Å². The molecular formula is C22H30O3S. The van der Waals surface area contributed by atoms with Crippen molar-refractivity contribution in [2.24, 2.45) is 34.5 Å². The molecule has 3 saturated carbocycles. The Morgan fingerprint density at radius 1 is 1.19 bits per heavy atom. The van der Waals surface area contributed by atoms with Gasteiger partial charge in [0.05, 0.1) is 0 Å². The molecule has 0 aromatic rings. The summed E-state index contributed by atoms with van der Waals surface area (Å²) in [5.74, 6) is 3.72. The predicted molar refractivity (Wildman–Crippen MR) is 104 cm³/mol. The topological polar surface area (TPSA) is 51.2 Å². The first-order valence-corrected chi connectivity index (χ1v) is 11.2. The van der Waals surface area contributed by atoms with E-state index in [4.69, 9.17) is 0 Å². The molecule has 0 bridgehead atoms. The lowest BCUT2D eigenvalue weighted by atomic mass is 9.45. The summed E-state index contributed by atoms with van der Waals surface area (Å²) in [7, 11) is 0. The summed E-state index contributed by atoms with van der Waals surface area (Å²) in [5.41, 5.74) is -0.0379. The Morgan fingerprint density at radius 3 is 2.77 bits per heavy atom. The van der Waals surface area contributed by atoms with Crippen molar-refractivity contribution >= 4 is 28.4 Å². The van der Waals surface area contributed by atoms with E-state index >= 15 is 0 Å². The van der Waals surface area contributed by atoms with Gasteiger partial charge in [-0.3, -0.25) is 14.4 Å². The molecule has 4 rings (SSSR count). The van der Waals surface area contributed by atoms with Gasteiger partial charge in [-0.2, -0.15) is 0 Å². The summed E-state index contributed by atoms with van der Waals surface area (Å²) in [6.07, 6.45) is 11.9. The smallest absolute Gasteiger partial charge is 0.185 e. The number of hydrogen-bond donors (Lipinski definition) is 0. The van der Waals surface area contributed by atoms with Crippen molar-refractivity contribution in [2.45, 2.75) is 65.2 Å². The minimum absolute atomic E-state index is 0.0618. The van der Waals surface area contributed by atoms with E-state index in [1.807, 2.05) is 6.08 Å². The van der Waals surface area contributed by atoms with E-state index in [1.54, 1.807) is 6.92 Å². The van der Waals surface area contributed by atoms with Crippen molar-refractivity contribution in [2.75, 3.05) is 5.75 Å². The van der Waals surface area contributed by atoms with E-state index in [2.05, 4.69) is 13.0 Å². The first-order chi connectivity index (χ1) is 12.4. The Morgan fingerprint density at radius 2 is 2.00 bits per heavy atom. The molecule has 26 heavy (non-hydrogen) atoms. The Labute approximate surface area is 160 Å². The van der Waals surface area contributed by atoms with Crippen molar-refractivity contribution in [1.82, 2.24) is 0 Å². The molecule has 0 heterocycles. The van der Waals surface area contributed by atoms with E-state index in [9.17, 15) is 14.4 Å². The monoisotopic (exact) mass is 374 g/mol. The zero-order chi connectivity index (χ0) is 18.5. The number of rotatable bonds is 3. The molecule has 6 atom stereocenters. The minimum atomic E-state index is -0.0997. The zero-order valence-corrected chi connectivity index (χ0v) is 16.8. The van der Waals surface area contributed by atoms with Crippen molar-refractivity contribution in [3.05, 3.63) is 12.2 Å². The van der Waals surface area contributed by atoms with Gasteiger partial charge in [0.25, 0.3) is 0 Å². The van der Waals surface area contributed by atoms with Gasteiger partial charge in [0.1, 0.15) is 5.78 Å². The van der Waals surface area contributed by atoms with Crippen LogP contribution in [0.1, 0.15) is 65.2 Å². The molecule has 0 saturated heterocycles. The van der Waals surface area contributed by atoms with Crippen LogP contribution in [0.4, 0.5) is 0 Å². The molecule has 3 fully saturated rings. The van der Waals surface area contributed by atoms with Gasteiger partial charge in [-0.25, -0.2) is 0 Å². The second kappa shape index (κ2) is 6.61. The Bertz CT molecular complexity index is 668. The molecule has 0 spiro atoms. The van der Waals surface area contributed by atoms with Gasteiger partial charge >= 0.3 is 0 Å². The van der Waals surface area contributed by atoms with Crippen LogP contribution in [0.5, 0.6) is 0 Å². The lowest BCUT2D eigenvalue weighted by Crippen LogP contribution is -2.53. The Balaban J connectivity index is 1.65. The number of thioether (sulfide) groups is 1. The van der Waals surface area contributed by atoms with Gasteiger partial charge in [-0.05, 0) is 73.7 Å². The van der Waals surface area contributed by atoms with Crippen molar-refractivity contribution in [3.8, 4) is 0 Å². The predicted octanol–water partition coefficient (Wildman–Crippen LogP) is 4.59. The number of carbonyl (C=O) groups excluding carboxylic acids is 3. The first kappa shape index (κ1) is 18.5. The molecule has 4 heteroatoms. The normalized spacial score (nSPS) is 44.4. The quantitative estimate of drug-likeness (QED) is 0.725. The lowest BCUT2D eigenvalue weighted by Gasteiger charge is -2.59. The largest absolute Gasteiger partial charge is 0.299 e. The number of Topliss-reactive ketones (excluding diaryl/α,β-unsaturated/α-hetero) is 1. The minimum Gasteiger partial charge on any atom is -0.299 e. The van der Waals surface area contributed by atoms with Gasteiger partial charge < -0.3 is 0 Å². The third-order valence-electron chi connectivity index (χ3n) is 8.31. The summed E-state index contributed by atoms with van der Waals surface area (Å²) >= 11 is 1.42. The summed E-state index contributed by atoms with van der Waals surface area (Å²) in [6, 6.07) is 0. The number of ketones is 2. The lowest BCUT2D eigenvalue weighted by molar-refractivity contribution is -0.136. The van der Waals surface area contributed by atoms with E-state index in [0.717, 1.165) is 44.3 Å². The van der Waals surface area contributed by atoms with Crippen LogP contribution in [-0.2, 0) is 14.4 Å². The number of carbonyl (C=O) groups is 3. The maximum atomic E-state index is 12.6. The summed E-state index contributed by atoms with van der Waals surface area (Å²) in [4.78, 5) is 36.1. The molecule has 0 aromatic heterocycles. The first-order valence-electron chi connectivity index (χ1n) is 10.3. The second-order valence-corrected chi connectivity index (χ2v) is 10.5. The maximum absolute atomic E-state index is 12.6. The van der Waals surface area contributed by atoms with Crippen LogP contribution in [-0.4, -0.2) is 22.4 Å². The molecule has 3 nitrogen and oxygen atoms in total. The van der Waals surface area contributed by atoms with E-state index < -0.39 is 0 Å². The van der Waals surface area contributed by atoms with E-state index in [1.165, 1.54) is 18.2 Å². The fourth-order valence-electron chi connectivity index (χ4n) is 7.05. The summed E-state index contributed by atoms with van der Waals surface area (Å²) in [6.45, 7) is 3.85. The molecule has 0 amide bonds. The average Bonchev–Trinajstić information content (AvgIpc) is 2.90. The van der Waals surface area contributed by atoms with E-state index in [0.29, 0.717) is 35.9 Å². The number of fused-ring (bicyclic) bond motifs is 5. The van der Waals surface area contributed by atoms with Crippen LogP contribution >= 0.6 is 11.8 Å². The molecule has 1 unspecified atom stereocenters. The standard InChI is InChI=1S/C22H30O3S/c1-14(23)26-12-11-22-10-7-16(24)13-15(22)3-4-17-18-5-6-20(25)21(18,2)9-8-19(17)22/h7,10,15,17-19H,3-6,8-9,11-13H2,1-2H3/t15?,17-,18-,19+,21-,22+/m0/s1. The molecular weight excluding hydrogens is 344 g/mol. The van der Waals surface area contributed by atoms with Crippen LogP contribution in [0.3, 0.4) is 0 Å². The highest BCUT2D eigenvalue weighted by atomic mass is 32.2. The molecule has 0 radical (unpaired) electrons. The summed E-state index contributed by atoms with van der Waals surface area (Å²) < 4.78 is 0. The van der Waals surface area contributed by atoms with Crippen molar-refractivity contribution < 1.29 is 14.4 Å². The third-order valence-corrected chi connectivity index (χ3v) is 9.13. The van der Waals surface area contributed by atoms with Crippen LogP contribution in [0.2, 0.25) is 0 Å². The Kier molecular flexibility index (Phi) is 4.70. The molecule has 0 aromatic carbocycles. The fraction of sp³-hybridized carbons (Fsp3) is 0.773. The highest BCUT2D eigenvalue weighted by Crippen LogP contribution is 2.65. The molecule has 4 aliphatic carbocycles. The highest BCUT2D eigenvalue weighted by molar-refractivity contribution is 8.13. The average molecular weight is 375 g/mol. The zero-order valence-electron chi connectivity index (χ0n) is 16.0. The van der Waals surface area contributed by atoms with Gasteiger partial charge in [-0.1, -0.05) is 24.8 Å². The van der Waals surface area contributed by atoms with Crippen molar-refractivity contribution in [3.63, 3.8) is 0 Å². The molecule has 0 aliphatic heterocycles. The molecule has 4 aliphatic rings. The van der Waals surface area contributed by atoms with Crippen molar-refractivity contribution in [1.29, 1.82) is 0 Å². The summed E-state index contributed by atoms with van der Waals surface area (Å²) in [5, 5.41) is 0.179. The van der Waals surface area contributed by atoms with Gasteiger partial charge in [0.15, 0.2) is 10.9 Å². The van der Waals surface area contributed by atoms with Crippen LogP contribution in [0.15, 0.2) is 12.2 Å². The van der Waals surface area contributed by atoms with E-state index in [-0.39, 0.29) is 21.7 Å². The van der Waals surface area contributed by atoms with Crippen LogP contribution < -0.4 is 0 Å². The second-order valence-electron chi connectivity index (χ2n) is 9.28. The number of allylic oxidation sites excluding steroid dienone is 2. The number of hydrogen-bond acceptors (Lipinski definition) is 4. The van der Waals surface area contributed by atoms with Crippen LogP contribution in [0.25, 0.3) is 0 Å². The third kappa shape index (κ3) is 2.75. The Hall–Kier alpha value is -0.900. The van der Waals surface area contributed by atoms with Gasteiger partial charge in [0.2, 0.25) is 0 Å². The van der Waals surface area contributed by atoms with Gasteiger partial charge in [-0.15, -0.1) is 0 Å². The molecule has 0 N–H and O–H groups in total.